The van der Waals surface area contributed by atoms with Crippen molar-refractivity contribution >= 4 is 39.9 Å². The highest BCUT2D eigenvalue weighted by Gasteiger charge is 2.64. The maximum atomic E-state index is 14.4. The number of amides is 5. The number of alkyl carbamates (subject to hydrolysis) is 1. The van der Waals surface area contributed by atoms with Crippen molar-refractivity contribution < 1.29 is 51.0 Å². The van der Waals surface area contributed by atoms with E-state index in [1.165, 1.54) is 23.0 Å². The van der Waals surface area contributed by atoms with Gasteiger partial charge in [0.05, 0.1) is 19.7 Å². The Balaban J connectivity index is 1.26. The van der Waals surface area contributed by atoms with E-state index >= 15 is 0 Å². The summed E-state index contributed by atoms with van der Waals surface area (Å²) in [7, 11) is -2.78. The molecule has 17 heteroatoms. The van der Waals surface area contributed by atoms with Gasteiger partial charge in [-0.05, 0) is 70.9 Å². The van der Waals surface area contributed by atoms with Crippen LogP contribution >= 0.6 is 0 Å². The van der Waals surface area contributed by atoms with Gasteiger partial charge in [0.25, 0.3) is 5.91 Å². The molecule has 2 aliphatic carbocycles. The van der Waals surface area contributed by atoms with Crippen molar-refractivity contribution in [2.45, 2.75) is 126 Å². The molecule has 0 spiro atoms. The molecule has 5 atom stereocenters. The van der Waals surface area contributed by atoms with Gasteiger partial charge in [0.15, 0.2) is 0 Å². The summed E-state index contributed by atoms with van der Waals surface area (Å²) in [4.78, 5) is 71.4. The molecule has 0 bridgehead atoms. The van der Waals surface area contributed by atoms with Crippen LogP contribution < -0.4 is 15.4 Å². The predicted octanol–water partition coefficient (Wildman–Crippen LogP) is 3.16. The molecule has 0 unspecified atom stereocenters. The zero-order valence-electron chi connectivity index (χ0n) is 31.2. The van der Waals surface area contributed by atoms with E-state index in [9.17, 15) is 36.8 Å². The second-order valence-corrected chi connectivity index (χ2v) is 18.1. The number of ether oxygens (including phenoxy) is 3. The van der Waals surface area contributed by atoms with Crippen molar-refractivity contribution in [3.05, 3.63) is 47.3 Å². The second kappa shape index (κ2) is 15.1. The van der Waals surface area contributed by atoms with E-state index in [4.69, 9.17) is 14.2 Å². The Morgan fingerprint density at radius 3 is 2.54 bits per heavy atom. The third-order valence-electron chi connectivity index (χ3n) is 10.8. The van der Waals surface area contributed by atoms with Crippen LogP contribution in [-0.4, -0.2) is 102 Å². The average molecular weight is 776 g/mol. The first-order chi connectivity index (χ1) is 25.5. The number of nitrogens with zero attached hydrogens (tertiary/aromatic N) is 2. The molecule has 3 N–H and O–H groups in total. The average Bonchev–Trinajstić information content (AvgIpc) is 3.91. The summed E-state index contributed by atoms with van der Waals surface area (Å²) >= 11 is 0. The lowest BCUT2D eigenvalue weighted by Gasteiger charge is -2.30. The second-order valence-electron chi connectivity index (χ2n) is 16.1. The van der Waals surface area contributed by atoms with Crippen molar-refractivity contribution in [2.24, 2.45) is 5.92 Å². The smallest absolute Gasteiger partial charge is 0.410 e. The van der Waals surface area contributed by atoms with E-state index in [-0.39, 0.29) is 45.5 Å². The van der Waals surface area contributed by atoms with Crippen molar-refractivity contribution in [3.63, 3.8) is 0 Å². The molecule has 296 valence electrons. The quantitative estimate of drug-likeness (QED) is 0.347. The third-order valence-corrected chi connectivity index (χ3v) is 12.9. The molecule has 3 fully saturated rings. The molecule has 0 aromatic heterocycles. The summed E-state index contributed by atoms with van der Waals surface area (Å²) in [6, 6.07) is 2.25. The SMILES string of the molecule is COCC1(S(=O)(=O)NC(=O)[C@@]23C[C@H]2C=CCCCCC[C@H](NC(=O)OC(C)(C)C)C(=O)N2C[C@H](OC(=O)N4Cc5cccc(F)c5C4)C[C@H]2C(=O)N3)CC1. The first-order valence-electron chi connectivity index (χ1n) is 18.5. The molecule has 1 aromatic rings. The Labute approximate surface area is 314 Å². The number of benzene rings is 1. The van der Waals surface area contributed by atoms with Crippen molar-refractivity contribution in [2.75, 3.05) is 20.3 Å². The van der Waals surface area contributed by atoms with Gasteiger partial charge in [-0.2, -0.15) is 0 Å². The largest absolute Gasteiger partial charge is 0.444 e. The Hall–Kier alpha value is -4.25. The lowest BCUT2D eigenvalue weighted by molar-refractivity contribution is -0.141. The molecule has 15 nitrogen and oxygen atoms in total. The third kappa shape index (κ3) is 8.36. The highest BCUT2D eigenvalue weighted by atomic mass is 32.2. The maximum absolute atomic E-state index is 14.4. The number of halogens is 1. The number of sulfonamides is 1. The molecule has 3 aliphatic heterocycles. The summed E-state index contributed by atoms with van der Waals surface area (Å²) in [5, 5.41) is 5.46. The molecule has 2 saturated carbocycles. The van der Waals surface area contributed by atoms with Gasteiger partial charge in [0, 0.05) is 31.6 Å². The molecular formula is C37H50FN5O10S. The number of nitrogens with one attached hydrogen (secondary N) is 3. The minimum atomic E-state index is -4.17. The van der Waals surface area contributed by atoms with Gasteiger partial charge in [0.2, 0.25) is 21.8 Å². The van der Waals surface area contributed by atoms with E-state index in [1.807, 2.05) is 6.08 Å². The standard InChI is InChI=1S/C37H50FN5O10S/c1-35(2,3)53-33(47)39-28-14-9-7-5-6-8-12-24-18-37(24,32(46)41-54(49,50)36(15-16-36)22-51-4)40-30(44)29-17-25(20-43(29)31(28)45)52-34(48)42-19-23-11-10-13-27(38)26(23)21-42/h8,10-13,24-25,28-29H,5-7,9,14-22H2,1-4H3,(H,39,47)(H,40,44)(H,41,46)/t24-,25-,28+,29+,37-/m1/s1. The minimum absolute atomic E-state index is 0.0108. The summed E-state index contributed by atoms with van der Waals surface area (Å²) in [6.07, 6.45) is 4.67. The van der Waals surface area contributed by atoms with Gasteiger partial charge in [0.1, 0.15) is 39.9 Å². The Kier molecular flexibility index (Phi) is 11.0. The zero-order valence-corrected chi connectivity index (χ0v) is 32.0. The van der Waals surface area contributed by atoms with Crippen LogP contribution in [0.4, 0.5) is 14.0 Å². The highest BCUT2D eigenvalue weighted by Crippen LogP contribution is 2.48. The number of fused-ring (bicyclic) bond motifs is 3. The number of methoxy groups -OCH3 is 1. The van der Waals surface area contributed by atoms with Crippen LogP contribution in [0, 0.1) is 11.7 Å². The van der Waals surface area contributed by atoms with Gasteiger partial charge in [-0.1, -0.05) is 37.1 Å². The van der Waals surface area contributed by atoms with E-state index in [0.717, 1.165) is 6.42 Å². The lowest BCUT2D eigenvalue weighted by atomic mass is 10.0. The summed E-state index contributed by atoms with van der Waals surface area (Å²) in [6.45, 7) is 4.88. The van der Waals surface area contributed by atoms with Gasteiger partial charge in [-0.15, -0.1) is 0 Å². The fourth-order valence-electron chi connectivity index (χ4n) is 7.56. The zero-order chi connectivity index (χ0) is 39.1. The van der Waals surface area contributed by atoms with Gasteiger partial charge < -0.3 is 29.7 Å². The Morgan fingerprint density at radius 2 is 1.85 bits per heavy atom. The fraction of sp³-hybridized carbons (Fsp3) is 0.649. The van der Waals surface area contributed by atoms with Gasteiger partial charge in [-0.25, -0.2) is 22.4 Å². The molecule has 5 amide bonds. The van der Waals surface area contributed by atoms with E-state index < -0.39 is 85.7 Å². The molecule has 1 aromatic carbocycles. The van der Waals surface area contributed by atoms with Gasteiger partial charge in [-0.3, -0.25) is 24.0 Å². The van der Waals surface area contributed by atoms with Crippen LogP contribution in [0.3, 0.4) is 0 Å². The van der Waals surface area contributed by atoms with Crippen LogP contribution in [0.2, 0.25) is 0 Å². The van der Waals surface area contributed by atoms with E-state index in [0.29, 0.717) is 43.2 Å². The Morgan fingerprint density at radius 1 is 1.09 bits per heavy atom. The molecular weight excluding hydrogens is 725 g/mol. The van der Waals surface area contributed by atoms with E-state index in [2.05, 4.69) is 15.4 Å². The number of hydrogen-bond donors (Lipinski definition) is 3. The first-order valence-corrected chi connectivity index (χ1v) is 20.0. The molecule has 6 rings (SSSR count). The maximum Gasteiger partial charge on any atom is 0.410 e. The number of hydrogen-bond acceptors (Lipinski definition) is 10. The summed E-state index contributed by atoms with van der Waals surface area (Å²) in [5.41, 5.74) is -1.44. The highest BCUT2D eigenvalue weighted by molar-refractivity contribution is 7.91. The minimum Gasteiger partial charge on any atom is -0.444 e. The van der Waals surface area contributed by atoms with Crippen LogP contribution in [0.5, 0.6) is 0 Å². The number of carbonyl (C=O) groups excluding carboxylic acids is 5. The van der Waals surface area contributed by atoms with Gasteiger partial charge >= 0.3 is 12.2 Å². The van der Waals surface area contributed by atoms with Crippen molar-refractivity contribution in [1.29, 1.82) is 0 Å². The molecule has 5 aliphatic rings. The van der Waals surface area contributed by atoms with Crippen molar-refractivity contribution in [3.8, 4) is 0 Å². The van der Waals surface area contributed by atoms with Crippen LogP contribution in [0.15, 0.2) is 30.4 Å². The van der Waals surface area contributed by atoms with Crippen LogP contribution in [-0.2, 0) is 51.7 Å². The summed E-state index contributed by atoms with van der Waals surface area (Å²) in [5.74, 6) is -3.19. The topological polar surface area (TPSA) is 190 Å². The first kappa shape index (κ1) is 39.4. The monoisotopic (exact) mass is 775 g/mol. The Bertz CT molecular complexity index is 1810. The number of rotatable bonds is 7. The molecule has 54 heavy (non-hydrogen) atoms. The molecule has 1 saturated heterocycles. The van der Waals surface area contributed by atoms with E-state index in [1.54, 1.807) is 39.0 Å². The number of allylic oxidation sites excluding steroid dienone is 1. The number of carbonyl (C=O) groups is 5. The summed E-state index contributed by atoms with van der Waals surface area (Å²) < 4.78 is 58.6. The fourth-order valence-corrected chi connectivity index (χ4v) is 9.11. The molecule has 3 heterocycles. The predicted molar refractivity (Wildman–Crippen MR) is 191 cm³/mol. The normalized spacial score (nSPS) is 28.0. The van der Waals surface area contributed by atoms with Crippen LogP contribution in [0.25, 0.3) is 0 Å². The molecule has 0 radical (unpaired) electrons. The van der Waals surface area contributed by atoms with Crippen LogP contribution in [0.1, 0.15) is 89.7 Å². The van der Waals surface area contributed by atoms with Crippen molar-refractivity contribution in [1.82, 2.24) is 25.2 Å². The lowest BCUT2D eigenvalue weighted by Crippen LogP contribution is -2.59.